The monoisotopic (exact) mass is 298 g/mol. The third kappa shape index (κ3) is 1.93. The Hall–Kier alpha value is -2.83. The maximum atomic E-state index is 12.6. The molecule has 0 heterocycles. The van der Waals surface area contributed by atoms with E-state index in [1.54, 1.807) is 0 Å². The van der Waals surface area contributed by atoms with Crippen molar-refractivity contribution in [1.29, 1.82) is 0 Å². The van der Waals surface area contributed by atoms with E-state index in [2.05, 4.69) is 0 Å². The number of hydrogen-bond acceptors (Lipinski definition) is 5. The number of carbonyl (C=O) groups is 3. The maximum absolute atomic E-state index is 12.6. The molecule has 3 N–H and O–H groups in total. The average molecular weight is 298 g/mol. The van der Waals surface area contributed by atoms with Gasteiger partial charge in [-0.1, -0.05) is 18.2 Å². The summed E-state index contributed by atoms with van der Waals surface area (Å²) in [6.07, 6.45) is -1.91. The molecule has 0 aliphatic heterocycles. The predicted molar refractivity (Wildman–Crippen MR) is 73.9 cm³/mol. The maximum Gasteiger partial charge on any atom is 0.335 e. The van der Waals surface area contributed by atoms with E-state index in [-0.39, 0.29) is 33.4 Å². The number of ketones is 2. The first-order valence-corrected chi connectivity index (χ1v) is 6.37. The molecule has 0 saturated heterocycles. The molecule has 0 radical (unpaired) electrons. The molecule has 1 aliphatic carbocycles. The van der Waals surface area contributed by atoms with E-state index in [1.807, 2.05) is 0 Å². The lowest BCUT2D eigenvalue weighted by Crippen LogP contribution is -2.24. The van der Waals surface area contributed by atoms with Crippen molar-refractivity contribution in [2.45, 2.75) is 6.29 Å². The minimum absolute atomic E-state index is 0.0505. The second kappa shape index (κ2) is 4.87. The number of aromatic carboxylic acids is 1. The van der Waals surface area contributed by atoms with Gasteiger partial charge in [-0.15, -0.1) is 0 Å². The molecular weight excluding hydrogens is 288 g/mol. The summed E-state index contributed by atoms with van der Waals surface area (Å²) in [5, 5.41) is 27.7. The van der Waals surface area contributed by atoms with E-state index in [4.69, 9.17) is 5.11 Å². The van der Waals surface area contributed by atoms with Gasteiger partial charge in [0.05, 0.1) is 5.56 Å². The topological polar surface area (TPSA) is 112 Å². The molecule has 0 unspecified atom stereocenters. The number of benzene rings is 2. The van der Waals surface area contributed by atoms with Crippen molar-refractivity contribution < 1.29 is 29.7 Å². The van der Waals surface area contributed by atoms with Crippen LogP contribution in [0.4, 0.5) is 0 Å². The standard InChI is InChI=1S/C16H10O6/c17-13-8-5-4-7(15(19)20)6-11(8)14(18)12-9(13)2-1-3-10(12)16(21)22/h1-6,16,21-22H,(H,19,20). The van der Waals surface area contributed by atoms with Gasteiger partial charge in [0.25, 0.3) is 0 Å². The van der Waals surface area contributed by atoms with E-state index in [1.165, 1.54) is 30.3 Å². The third-order valence-electron chi connectivity index (χ3n) is 3.60. The summed E-state index contributed by atoms with van der Waals surface area (Å²) in [4.78, 5) is 36.1. The quantitative estimate of drug-likeness (QED) is 0.612. The molecule has 6 heteroatoms. The Morgan fingerprint density at radius 3 is 2.27 bits per heavy atom. The molecule has 0 amide bonds. The van der Waals surface area contributed by atoms with Gasteiger partial charge in [0.1, 0.15) is 0 Å². The first-order valence-electron chi connectivity index (χ1n) is 6.37. The minimum Gasteiger partial charge on any atom is -0.478 e. The van der Waals surface area contributed by atoms with Crippen LogP contribution in [-0.4, -0.2) is 32.9 Å². The lowest BCUT2D eigenvalue weighted by molar-refractivity contribution is -0.0429. The van der Waals surface area contributed by atoms with Gasteiger partial charge in [-0.25, -0.2) is 4.79 Å². The Morgan fingerprint density at radius 1 is 0.909 bits per heavy atom. The second-order valence-corrected chi connectivity index (χ2v) is 4.87. The number of fused-ring (bicyclic) bond motifs is 2. The van der Waals surface area contributed by atoms with E-state index < -0.39 is 23.8 Å². The van der Waals surface area contributed by atoms with E-state index >= 15 is 0 Å². The van der Waals surface area contributed by atoms with Crippen LogP contribution in [0.5, 0.6) is 0 Å². The Balaban J connectivity index is 2.29. The molecule has 0 atom stereocenters. The Kier molecular flexibility index (Phi) is 3.13. The summed E-state index contributed by atoms with van der Waals surface area (Å²) in [7, 11) is 0. The molecule has 2 aromatic rings. The van der Waals surface area contributed by atoms with Crippen molar-refractivity contribution in [3.05, 3.63) is 69.8 Å². The Labute approximate surface area is 124 Å². The minimum atomic E-state index is -1.91. The highest BCUT2D eigenvalue weighted by Gasteiger charge is 2.33. The molecule has 0 spiro atoms. The molecule has 3 rings (SSSR count). The highest BCUT2D eigenvalue weighted by molar-refractivity contribution is 6.29. The average Bonchev–Trinajstić information content (AvgIpc) is 2.51. The lowest BCUT2D eigenvalue weighted by atomic mass is 9.81. The van der Waals surface area contributed by atoms with Crippen molar-refractivity contribution in [2.75, 3.05) is 0 Å². The highest BCUT2D eigenvalue weighted by atomic mass is 16.5. The molecule has 110 valence electrons. The number of hydrogen-bond donors (Lipinski definition) is 3. The molecule has 6 nitrogen and oxygen atoms in total. The van der Waals surface area contributed by atoms with Crippen molar-refractivity contribution in [3.63, 3.8) is 0 Å². The summed E-state index contributed by atoms with van der Waals surface area (Å²) in [5.41, 5.74) is -0.172. The van der Waals surface area contributed by atoms with Crippen LogP contribution in [0.1, 0.15) is 54.1 Å². The number of aliphatic hydroxyl groups excluding tert-OH is 1. The number of carboxylic acid groups (broad SMARTS) is 1. The van der Waals surface area contributed by atoms with Crippen LogP contribution in [-0.2, 0) is 0 Å². The Bertz CT molecular complexity index is 835. The van der Waals surface area contributed by atoms with Crippen LogP contribution in [0, 0.1) is 0 Å². The first-order chi connectivity index (χ1) is 10.4. The summed E-state index contributed by atoms with van der Waals surface area (Å²) in [6, 6.07) is 7.89. The molecule has 2 aromatic carbocycles. The van der Waals surface area contributed by atoms with Crippen LogP contribution in [0.15, 0.2) is 36.4 Å². The Morgan fingerprint density at radius 2 is 1.64 bits per heavy atom. The van der Waals surface area contributed by atoms with Gasteiger partial charge in [0.15, 0.2) is 17.9 Å². The number of aliphatic hydroxyl groups is 2. The molecule has 1 aliphatic rings. The van der Waals surface area contributed by atoms with E-state index in [9.17, 15) is 24.6 Å². The van der Waals surface area contributed by atoms with Crippen molar-refractivity contribution in [2.24, 2.45) is 0 Å². The fraction of sp³-hybridized carbons (Fsp3) is 0.0625. The van der Waals surface area contributed by atoms with Crippen LogP contribution >= 0.6 is 0 Å². The van der Waals surface area contributed by atoms with Gasteiger partial charge in [0, 0.05) is 27.8 Å². The zero-order valence-corrected chi connectivity index (χ0v) is 11.1. The van der Waals surface area contributed by atoms with Gasteiger partial charge in [-0.3, -0.25) is 9.59 Å². The fourth-order valence-electron chi connectivity index (χ4n) is 2.57. The zero-order chi connectivity index (χ0) is 16.0. The van der Waals surface area contributed by atoms with Gasteiger partial charge < -0.3 is 15.3 Å². The summed E-state index contributed by atoms with van der Waals surface area (Å²) < 4.78 is 0. The predicted octanol–water partition coefficient (Wildman–Crippen LogP) is 1.14. The SMILES string of the molecule is O=C(O)c1ccc2c(c1)C(=O)c1c(cccc1C(O)O)C2=O. The molecule has 0 aromatic heterocycles. The number of carboxylic acids is 1. The number of carbonyl (C=O) groups excluding carboxylic acids is 2. The summed E-state index contributed by atoms with van der Waals surface area (Å²) >= 11 is 0. The first kappa shape index (κ1) is 14.1. The van der Waals surface area contributed by atoms with Crippen LogP contribution in [0.25, 0.3) is 0 Å². The molecule has 22 heavy (non-hydrogen) atoms. The number of rotatable bonds is 2. The lowest BCUT2D eigenvalue weighted by Gasteiger charge is -2.21. The van der Waals surface area contributed by atoms with Gasteiger partial charge in [-0.2, -0.15) is 0 Å². The second-order valence-electron chi connectivity index (χ2n) is 4.87. The fourth-order valence-corrected chi connectivity index (χ4v) is 2.57. The van der Waals surface area contributed by atoms with Gasteiger partial charge >= 0.3 is 5.97 Å². The molecular formula is C16H10O6. The highest BCUT2D eigenvalue weighted by Crippen LogP contribution is 2.32. The van der Waals surface area contributed by atoms with Crippen molar-refractivity contribution in [1.82, 2.24) is 0 Å². The largest absolute Gasteiger partial charge is 0.478 e. The van der Waals surface area contributed by atoms with E-state index in [0.29, 0.717) is 0 Å². The van der Waals surface area contributed by atoms with Crippen LogP contribution < -0.4 is 0 Å². The normalized spacial score (nSPS) is 13.0. The summed E-state index contributed by atoms with van der Waals surface area (Å²) in [6.45, 7) is 0. The van der Waals surface area contributed by atoms with Gasteiger partial charge in [0.2, 0.25) is 0 Å². The molecule has 0 fully saturated rings. The van der Waals surface area contributed by atoms with Crippen LogP contribution in [0.2, 0.25) is 0 Å². The smallest absolute Gasteiger partial charge is 0.335 e. The van der Waals surface area contributed by atoms with E-state index in [0.717, 1.165) is 6.07 Å². The van der Waals surface area contributed by atoms with Crippen molar-refractivity contribution >= 4 is 17.5 Å². The zero-order valence-electron chi connectivity index (χ0n) is 11.1. The molecule has 0 bridgehead atoms. The van der Waals surface area contributed by atoms with Gasteiger partial charge in [-0.05, 0) is 18.2 Å². The van der Waals surface area contributed by atoms with Crippen LogP contribution in [0.3, 0.4) is 0 Å². The molecule has 0 saturated carbocycles. The third-order valence-corrected chi connectivity index (χ3v) is 3.60. The van der Waals surface area contributed by atoms with Crippen molar-refractivity contribution in [3.8, 4) is 0 Å². The summed E-state index contributed by atoms with van der Waals surface area (Å²) in [5.74, 6) is -2.27.